The van der Waals surface area contributed by atoms with Gasteiger partial charge in [-0.2, -0.15) is 0 Å². The molecule has 5 atom stereocenters. The topological polar surface area (TPSA) is 88.4 Å². The van der Waals surface area contributed by atoms with Gasteiger partial charge in [0.15, 0.2) is 12.1 Å². The third kappa shape index (κ3) is 1.89. The summed E-state index contributed by atoms with van der Waals surface area (Å²) in [5.74, 6) is -0.798. The number of ether oxygens (including phenoxy) is 3. The van der Waals surface area contributed by atoms with Crippen molar-refractivity contribution in [3.8, 4) is 0 Å². The van der Waals surface area contributed by atoms with Crippen LogP contribution in [0.15, 0.2) is 0 Å². The number of hydrogen-bond acceptors (Lipinski definition) is 6. The summed E-state index contributed by atoms with van der Waals surface area (Å²) in [6.45, 7) is 3.01. The first-order valence-electron chi connectivity index (χ1n) is 4.93. The maximum absolute atomic E-state index is 9.53. The second-order valence-electron chi connectivity index (χ2n) is 4.31. The van der Waals surface area contributed by atoms with Crippen molar-refractivity contribution >= 4 is 0 Å². The van der Waals surface area contributed by atoms with Gasteiger partial charge in [-0.05, 0) is 13.8 Å². The minimum absolute atomic E-state index is 0.440. The Labute approximate surface area is 87.4 Å². The molecule has 0 radical (unpaired) electrons. The van der Waals surface area contributed by atoms with Crippen LogP contribution >= 0.6 is 0 Å². The van der Waals surface area contributed by atoms with E-state index in [1.165, 1.54) is 0 Å². The second kappa shape index (κ2) is 3.65. The molecule has 0 spiro atoms. The molecule has 0 amide bonds. The fourth-order valence-corrected chi connectivity index (χ4v) is 2.02. The summed E-state index contributed by atoms with van der Waals surface area (Å²) >= 11 is 0. The van der Waals surface area contributed by atoms with Crippen LogP contribution in [0.1, 0.15) is 13.8 Å². The molecule has 2 heterocycles. The smallest absolute Gasteiger partial charge is 0.184 e. The first kappa shape index (κ1) is 11.3. The van der Waals surface area contributed by atoms with Gasteiger partial charge in [-0.3, -0.25) is 0 Å². The Morgan fingerprint density at radius 3 is 2.47 bits per heavy atom. The third-order valence-electron chi connectivity index (χ3n) is 2.63. The van der Waals surface area contributed by atoms with Gasteiger partial charge in [-0.1, -0.05) is 0 Å². The lowest BCUT2D eigenvalue weighted by Gasteiger charge is -2.24. The van der Waals surface area contributed by atoms with Gasteiger partial charge in [0.2, 0.25) is 0 Å². The normalized spacial score (nSPS) is 45.4. The van der Waals surface area contributed by atoms with Crippen LogP contribution in [-0.2, 0) is 14.2 Å². The molecule has 0 aromatic rings. The maximum Gasteiger partial charge on any atom is 0.184 e. The van der Waals surface area contributed by atoms with Gasteiger partial charge in [0.25, 0.3) is 0 Å². The van der Waals surface area contributed by atoms with Crippen LogP contribution in [0.5, 0.6) is 0 Å². The summed E-state index contributed by atoms with van der Waals surface area (Å²) in [4.78, 5) is 0. The van der Waals surface area contributed by atoms with E-state index in [9.17, 15) is 10.2 Å². The molecule has 2 aliphatic rings. The zero-order valence-corrected chi connectivity index (χ0v) is 8.66. The minimum atomic E-state index is -1.12. The Balaban J connectivity index is 2.12. The number of rotatable bonds is 2. The Kier molecular flexibility index (Phi) is 2.74. The van der Waals surface area contributed by atoms with E-state index in [2.05, 4.69) is 0 Å². The monoisotopic (exact) mass is 220 g/mol. The largest absolute Gasteiger partial charge is 0.394 e. The summed E-state index contributed by atoms with van der Waals surface area (Å²) < 4.78 is 16.0. The van der Waals surface area contributed by atoms with Gasteiger partial charge < -0.3 is 29.5 Å². The predicted molar refractivity (Wildman–Crippen MR) is 47.8 cm³/mol. The van der Waals surface area contributed by atoms with E-state index in [0.29, 0.717) is 0 Å². The zero-order chi connectivity index (χ0) is 11.2. The first-order valence-corrected chi connectivity index (χ1v) is 4.93. The van der Waals surface area contributed by atoms with Crippen LogP contribution in [0, 0.1) is 0 Å². The maximum atomic E-state index is 9.53. The Hall–Kier alpha value is -0.240. The van der Waals surface area contributed by atoms with Crippen molar-refractivity contribution in [2.24, 2.45) is 0 Å². The van der Waals surface area contributed by atoms with Crippen molar-refractivity contribution in [2.75, 3.05) is 6.61 Å². The summed E-state index contributed by atoms with van der Waals surface area (Å²) in [5, 5.41) is 27.8. The van der Waals surface area contributed by atoms with E-state index in [4.69, 9.17) is 19.3 Å². The molecule has 0 bridgehead atoms. The van der Waals surface area contributed by atoms with Gasteiger partial charge in [-0.25, -0.2) is 0 Å². The molecule has 6 heteroatoms. The first-order chi connectivity index (χ1) is 6.94. The highest BCUT2D eigenvalue weighted by atomic mass is 16.8. The van der Waals surface area contributed by atoms with Crippen LogP contribution in [-0.4, -0.2) is 58.4 Å². The van der Waals surface area contributed by atoms with Crippen molar-refractivity contribution in [2.45, 2.75) is 50.3 Å². The van der Waals surface area contributed by atoms with Crippen molar-refractivity contribution < 1.29 is 29.5 Å². The van der Waals surface area contributed by atoms with Gasteiger partial charge in [-0.15, -0.1) is 0 Å². The molecular weight excluding hydrogens is 204 g/mol. The molecule has 0 aliphatic carbocycles. The Morgan fingerprint density at radius 1 is 1.27 bits per heavy atom. The molecule has 2 saturated heterocycles. The zero-order valence-electron chi connectivity index (χ0n) is 8.66. The highest BCUT2D eigenvalue weighted by Crippen LogP contribution is 2.38. The summed E-state index contributed by atoms with van der Waals surface area (Å²) in [6, 6.07) is 0. The molecule has 2 rings (SSSR count). The molecule has 2 fully saturated rings. The van der Waals surface area contributed by atoms with E-state index in [-0.39, 0.29) is 0 Å². The van der Waals surface area contributed by atoms with E-state index < -0.39 is 43.1 Å². The number of fused-ring (bicyclic) bond motifs is 1. The fraction of sp³-hybridized carbons (Fsp3) is 1.00. The summed E-state index contributed by atoms with van der Waals surface area (Å²) in [7, 11) is 0. The van der Waals surface area contributed by atoms with Crippen LogP contribution in [0.25, 0.3) is 0 Å². The molecule has 15 heavy (non-hydrogen) atoms. The average Bonchev–Trinajstić information content (AvgIpc) is 2.61. The number of aliphatic hydroxyl groups excluding tert-OH is 3. The molecule has 0 saturated carbocycles. The lowest BCUT2D eigenvalue weighted by molar-refractivity contribution is -0.231. The molecule has 2 aliphatic heterocycles. The third-order valence-corrected chi connectivity index (χ3v) is 2.63. The van der Waals surface area contributed by atoms with Crippen LogP contribution in [0.4, 0.5) is 0 Å². The van der Waals surface area contributed by atoms with Gasteiger partial charge in [0, 0.05) is 0 Å². The standard InChI is InChI=1S/C9H16O6/c1-9(2)14-6-5(4(11)3-10)13-8(12)7(6)15-9/h4-8,10-12H,3H2,1-2H3/t4?,5-,6-,7-,8+/m1/s1. The molecule has 1 unspecified atom stereocenters. The van der Waals surface area contributed by atoms with E-state index in [0.717, 1.165) is 0 Å². The summed E-state index contributed by atoms with van der Waals surface area (Å²) in [5.41, 5.74) is 0. The predicted octanol–water partition coefficient (Wildman–Crippen LogP) is -1.42. The highest BCUT2D eigenvalue weighted by Gasteiger charge is 2.56. The minimum Gasteiger partial charge on any atom is -0.394 e. The molecular formula is C9H16O6. The number of hydrogen-bond donors (Lipinski definition) is 3. The lowest BCUT2D eigenvalue weighted by Crippen LogP contribution is -2.40. The molecule has 6 nitrogen and oxygen atoms in total. The van der Waals surface area contributed by atoms with Gasteiger partial charge >= 0.3 is 0 Å². The molecule has 3 N–H and O–H groups in total. The molecule has 88 valence electrons. The van der Waals surface area contributed by atoms with Crippen molar-refractivity contribution in [1.82, 2.24) is 0 Å². The molecule has 0 aromatic carbocycles. The van der Waals surface area contributed by atoms with E-state index in [1.54, 1.807) is 13.8 Å². The van der Waals surface area contributed by atoms with Gasteiger partial charge in [0.1, 0.15) is 24.4 Å². The van der Waals surface area contributed by atoms with Crippen molar-refractivity contribution in [1.29, 1.82) is 0 Å². The van der Waals surface area contributed by atoms with Gasteiger partial charge in [0.05, 0.1) is 6.61 Å². The average molecular weight is 220 g/mol. The van der Waals surface area contributed by atoms with E-state index in [1.807, 2.05) is 0 Å². The quantitative estimate of drug-likeness (QED) is 0.529. The van der Waals surface area contributed by atoms with Crippen LogP contribution < -0.4 is 0 Å². The van der Waals surface area contributed by atoms with E-state index >= 15 is 0 Å². The van der Waals surface area contributed by atoms with Crippen molar-refractivity contribution in [3.63, 3.8) is 0 Å². The van der Waals surface area contributed by atoms with Crippen molar-refractivity contribution in [3.05, 3.63) is 0 Å². The van der Waals surface area contributed by atoms with Crippen LogP contribution in [0.3, 0.4) is 0 Å². The SMILES string of the molecule is CC1(C)O[C@@H]2[C@H](O1)[C@@H](C(O)CO)O[C@@H]2O. The lowest BCUT2D eigenvalue weighted by atomic mass is 10.1. The second-order valence-corrected chi connectivity index (χ2v) is 4.31. The molecule has 0 aromatic heterocycles. The Morgan fingerprint density at radius 2 is 1.87 bits per heavy atom. The van der Waals surface area contributed by atoms with Crippen LogP contribution in [0.2, 0.25) is 0 Å². The highest BCUT2D eigenvalue weighted by molar-refractivity contribution is 4.97. The Bertz CT molecular complexity index is 243. The number of aliphatic hydroxyl groups is 3. The fourth-order valence-electron chi connectivity index (χ4n) is 2.02. The summed E-state index contributed by atoms with van der Waals surface area (Å²) in [6.07, 6.45) is -4.10.